The predicted octanol–water partition coefficient (Wildman–Crippen LogP) is 3.44. The van der Waals surface area contributed by atoms with Gasteiger partial charge in [-0.1, -0.05) is 12.1 Å². The lowest BCUT2D eigenvalue weighted by molar-refractivity contribution is 0.0735. The average molecular weight is 349 g/mol. The summed E-state index contributed by atoms with van der Waals surface area (Å²) in [4.78, 5) is 20.4. The molecule has 0 unspecified atom stereocenters. The molecule has 1 N–H and O–H groups in total. The smallest absolute Gasteiger partial charge is 0.254 e. The molecule has 1 aromatic heterocycles. The zero-order valence-electron chi connectivity index (χ0n) is 15.4. The number of carbonyl (C=O) groups is 1. The van der Waals surface area contributed by atoms with E-state index in [9.17, 15) is 4.79 Å². The van der Waals surface area contributed by atoms with Crippen molar-refractivity contribution < 1.29 is 9.53 Å². The Bertz CT molecular complexity index is 957. The summed E-state index contributed by atoms with van der Waals surface area (Å²) in [6, 6.07) is 13.8. The highest BCUT2D eigenvalue weighted by Crippen LogP contribution is 2.33. The Hall–Kier alpha value is -2.95. The molecule has 0 atom stereocenters. The molecule has 2 heterocycles. The molecule has 0 aliphatic carbocycles. The summed E-state index contributed by atoms with van der Waals surface area (Å²) in [6.07, 6.45) is 0.828. The number of aromatic amines is 1. The molecule has 0 bridgehead atoms. The molecule has 3 aromatic rings. The lowest BCUT2D eigenvalue weighted by Crippen LogP contribution is -2.35. The third-order valence-electron chi connectivity index (χ3n) is 5.11. The number of ether oxygens (including phenoxy) is 1. The number of nitrogens with one attached hydrogen (secondary N) is 1. The van der Waals surface area contributed by atoms with E-state index in [0.717, 1.165) is 40.9 Å². The number of methoxy groups -OCH3 is 1. The van der Waals surface area contributed by atoms with Gasteiger partial charge in [-0.2, -0.15) is 0 Å². The number of rotatable bonds is 3. The lowest BCUT2D eigenvalue weighted by Gasteiger charge is -2.27. The number of amides is 1. The molecule has 0 saturated carbocycles. The van der Waals surface area contributed by atoms with Crippen LogP contribution in [0.3, 0.4) is 0 Å². The maximum absolute atomic E-state index is 12.9. The van der Waals surface area contributed by atoms with Gasteiger partial charge in [0.2, 0.25) is 0 Å². The zero-order valence-corrected chi connectivity index (χ0v) is 15.4. The van der Waals surface area contributed by atoms with Crippen LogP contribution in [0.2, 0.25) is 0 Å². The molecule has 4 rings (SSSR count). The van der Waals surface area contributed by atoms with E-state index in [0.29, 0.717) is 6.54 Å². The molecule has 2 aromatic carbocycles. The topological polar surface area (TPSA) is 48.6 Å². The molecule has 0 spiro atoms. The van der Waals surface area contributed by atoms with Crippen LogP contribution in [0, 0.1) is 0 Å². The van der Waals surface area contributed by atoms with Crippen molar-refractivity contribution in [2.45, 2.75) is 13.0 Å². The minimum atomic E-state index is 0.0817. The van der Waals surface area contributed by atoms with Gasteiger partial charge in [-0.25, -0.2) is 0 Å². The second-order valence-electron chi connectivity index (χ2n) is 6.88. The zero-order chi connectivity index (χ0) is 18.3. The van der Waals surface area contributed by atoms with E-state index in [1.54, 1.807) is 7.11 Å². The van der Waals surface area contributed by atoms with E-state index in [1.807, 2.05) is 60.3 Å². The van der Waals surface area contributed by atoms with E-state index in [2.05, 4.69) is 11.1 Å². The number of carbonyl (C=O) groups excluding carboxylic acids is 1. The van der Waals surface area contributed by atoms with Crippen LogP contribution in [-0.2, 0) is 13.0 Å². The average Bonchev–Trinajstić information content (AvgIpc) is 3.05. The van der Waals surface area contributed by atoms with Crippen LogP contribution in [0.5, 0.6) is 5.75 Å². The first-order valence-electron chi connectivity index (χ1n) is 8.81. The van der Waals surface area contributed by atoms with Crippen molar-refractivity contribution in [3.05, 3.63) is 59.3 Å². The fourth-order valence-corrected chi connectivity index (χ4v) is 3.64. The van der Waals surface area contributed by atoms with Gasteiger partial charge >= 0.3 is 0 Å². The van der Waals surface area contributed by atoms with Gasteiger partial charge in [-0.05, 0) is 30.3 Å². The highest BCUT2D eigenvalue weighted by Gasteiger charge is 2.25. The molecule has 5 nitrogen and oxygen atoms in total. The number of anilines is 1. The summed E-state index contributed by atoms with van der Waals surface area (Å²) in [7, 11) is 5.67. The second-order valence-corrected chi connectivity index (χ2v) is 6.88. The standard InChI is InChI=1S/C21H23N3O2/c1-23(2)15-9-7-14(8-10-15)21(25)24-12-11-18-17(13-24)16-5-4-6-19(26-3)20(16)22-18/h4-10,22H,11-13H2,1-3H3. The van der Waals surface area contributed by atoms with Gasteiger partial charge in [0.05, 0.1) is 12.6 Å². The summed E-state index contributed by atoms with van der Waals surface area (Å²) in [6.45, 7) is 1.34. The van der Waals surface area contributed by atoms with E-state index in [1.165, 1.54) is 11.3 Å². The molecular formula is C21H23N3O2. The number of benzene rings is 2. The number of aromatic nitrogens is 1. The summed E-state index contributed by atoms with van der Waals surface area (Å²) in [5.74, 6) is 0.923. The van der Waals surface area contributed by atoms with Crippen LogP contribution in [0.1, 0.15) is 21.6 Å². The van der Waals surface area contributed by atoms with Crippen LogP contribution in [0.15, 0.2) is 42.5 Å². The second kappa shape index (κ2) is 6.41. The van der Waals surface area contributed by atoms with Crippen molar-refractivity contribution in [2.75, 3.05) is 32.6 Å². The summed E-state index contributed by atoms with van der Waals surface area (Å²) >= 11 is 0. The third kappa shape index (κ3) is 2.69. The summed E-state index contributed by atoms with van der Waals surface area (Å²) < 4.78 is 5.46. The van der Waals surface area contributed by atoms with Crippen molar-refractivity contribution >= 4 is 22.5 Å². The molecule has 0 saturated heterocycles. The highest BCUT2D eigenvalue weighted by atomic mass is 16.5. The normalized spacial score (nSPS) is 13.6. The van der Waals surface area contributed by atoms with Gasteiger partial charge in [0.15, 0.2) is 0 Å². The fraction of sp³-hybridized carbons (Fsp3) is 0.286. The molecule has 1 amide bonds. The van der Waals surface area contributed by atoms with Crippen LogP contribution < -0.4 is 9.64 Å². The Morgan fingerprint density at radius 3 is 2.62 bits per heavy atom. The monoisotopic (exact) mass is 349 g/mol. The Kier molecular flexibility index (Phi) is 4.07. The van der Waals surface area contributed by atoms with Gasteiger partial charge in [0, 0.05) is 61.5 Å². The van der Waals surface area contributed by atoms with Crippen LogP contribution in [-0.4, -0.2) is 43.5 Å². The van der Waals surface area contributed by atoms with Gasteiger partial charge in [-0.15, -0.1) is 0 Å². The first-order chi connectivity index (χ1) is 12.6. The first-order valence-corrected chi connectivity index (χ1v) is 8.81. The minimum absolute atomic E-state index is 0.0817. The largest absolute Gasteiger partial charge is 0.495 e. The molecule has 5 heteroatoms. The molecule has 134 valence electrons. The molecular weight excluding hydrogens is 326 g/mol. The number of hydrogen-bond donors (Lipinski definition) is 1. The van der Waals surface area contributed by atoms with Crippen molar-refractivity contribution in [2.24, 2.45) is 0 Å². The van der Waals surface area contributed by atoms with Gasteiger partial charge in [0.25, 0.3) is 5.91 Å². The highest BCUT2D eigenvalue weighted by molar-refractivity contribution is 5.96. The number of hydrogen-bond acceptors (Lipinski definition) is 3. The van der Waals surface area contributed by atoms with E-state index >= 15 is 0 Å². The Labute approximate surface area is 153 Å². The lowest BCUT2D eigenvalue weighted by atomic mass is 10.0. The van der Waals surface area contributed by atoms with E-state index in [-0.39, 0.29) is 5.91 Å². The van der Waals surface area contributed by atoms with Gasteiger partial charge in [-0.3, -0.25) is 4.79 Å². The predicted molar refractivity (Wildman–Crippen MR) is 104 cm³/mol. The van der Waals surface area contributed by atoms with Crippen LogP contribution in [0.4, 0.5) is 5.69 Å². The Morgan fingerprint density at radius 2 is 1.92 bits per heavy atom. The molecule has 0 radical (unpaired) electrons. The molecule has 26 heavy (non-hydrogen) atoms. The van der Waals surface area contributed by atoms with Crippen LogP contribution >= 0.6 is 0 Å². The maximum Gasteiger partial charge on any atom is 0.254 e. The maximum atomic E-state index is 12.9. The van der Waals surface area contributed by atoms with E-state index < -0.39 is 0 Å². The van der Waals surface area contributed by atoms with Crippen molar-refractivity contribution in [1.29, 1.82) is 0 Å². The minimum Gasteiger partial charge on any atom is -0.495 e. The van der Waals surface area contributed by atoms with E-state index in [4.69, 9.17) is 4.74 Å². The van der Waals surface area contributed by atoms with Crippen molar-refractivity contribution in [3.63, 3.8) is 0 Å². The molecule has 0 fully saturated rings. The summed E-state index contributed by atoms with van der Waals surface area (Å²) in [5.41, 5.74) is 5.24. The Balaban J connectivity index is 1.62. The number of nitrogens with zero attached hydrogens (tertiary/aromatic N) is 2. The SMILES string of the molecule is COc1cccc2c3c([nH]c12)CCN(C(=O)c1ccc(N(C)C)cc1)C3. The van der Waals surface area contributed by atoms with Crippen LogP contribution in [0.25, 0.3) is 10.9 Å². The third-order valence-corrected chi connectivity index (χ3v) is 5.11. The van der Waals surface area contributed by atoms with Crippen molar-refractivity contribution in [1.82, 2.24) is 9.88 Å². The molecule has 1 aliphatic heterocycles. The van der Waals surface area contributed by atoms with Crippen molar-refractivity contribution in [3.8, 4) is 5.75 Å². The number of fused-ring (bicyclic) bond motifs is 3. The summed E-state index contributed by atoms with van der Waals surface area (Å²) in [5, 5.41) is 1.14. The number of H-pyrrole nitrogens is 1. The Morgan fingerprint density at radius 1 is 1.15 bits per heavy atom. The first kappa shape index (κ1) is 16.5. The number of para-hydroxylation sites is 1. The quantitative estimate of drug-likeness (QED) is 0.788. The fourth-order valence-electron chi connectivity index (χ4n) is 3.64. The van der Waals surface area contributed by atoms with Gasteiger partial charge < -0.3 is 19.5 Å². The van der Waals surface area contributed by atoms with Gasteiger partial charge in [0.1, 0.15) is 5.75 Å². The molecule has 1 aliphatic rings.